The highest BCUT2D eigenvalue weighted by atomic mass is 16.2. The van der Waals surface area contributed by atoms with Crippen LogP contribution in [0.1, 0.15) is 39.5 Å². The summed E-state index contributed by atoms with van der Waals surface area (Å²) in [6.45, 7) is 10.4. The first-order valence-electron chi connectivity index (χ1n) is 7.99. The first-order valence-corrected chi connectivity index (χ1v) is 7.99. The number of likely N-dealkylation sites (tertiary alicyclic amines) is 1. The first kappa shape index (κ1) is 14.8. The van der Waals surface area contributed by atoms with Gasteiger partial charge in [0.2, 0.25) is 5.91 Å². The van der Waals surface area contributed by atoms with Gasteiger partial charge in [-0.15, -0.1) is 0 Å². The zero-order chi connectivity index (χ0) is 13.7. The molecule has 2 fully saturated rings. The molecule has 2 saturated heterocycles. The van der Waals surface area contributed by atoms with Gasteiger partial charge >= 0.3 is 0 Å². The maximum atomic E-state index is 12.5. The maximum Gasteiger partial charge on any atom is 0.239 e. The van der Waals surface area contributed by atoms with Gasteiger partial charge in [0.05, 0.1) is 6.04 Å². The minimum Gasteiger partial charge on any atom is -0.342 e. The monoisotopic (exact) mass is 267 g/mol. The Hall–Kier alpha value is -0.610. The lowest BCUT2D eigenvalue weighted by molar-refractivity contribution is -0.135. The fourth-order valence-electron chi connectivity index (χ4n) is 3.47. The third-order valence-corrected chi connectivity index (χ3v) is 4.68. The highest BCUT2D eigenvalue weighted by Gasteiger charge is 2.34. The van der Waals surface area contributed by atoms with E-state index in [9.17, 15) is 4.79 Å². The largest absolute Gasteiger partial charge is 0.342 e. The van der Waals surface area contributed by atoms with Crippen LogP contribution in [0.5, 0.6) is 0 Å². The molecule has 19 heavy (non-hydrogen) atoms. The second-order valence-electron chi connectivity index (χ2n) is 5.86. The van der Waals surface area contributed by atoms with Crippen molar-refractivity contribution in [3.8, 4) is 0 Å². The molecule has 1 unspecified atom stereocenters. The van der Waals surface area contributed by atoms with Crippen LogP contribution in [-0.4, -0.2) is 61.0 Å². The number of carbonyl (C=O) groups excluding carboxylic acids is 1. The number of rotatable bonds is 5. The Balaban J connectivity index is 1.90. The summed E-state index contributed by atoms with van der Waals surface area (Å²) in [5.41, 5.74) is 0. The van der Waals surface area contributed by atoms with E-state index in [1.807, 2.05) is 4.90 Å². The van der Waals surface area contributed by atoms with Crippen LogP contribution in [0.4, 0.5) is 0 Å². The lowest BCUT2D eigenvalue weighted by atomic mass is 9.97. The predicted octanol–water partition coefficient (Wildman–Crippen LogP) is 1.32. The molecule has 0 radical (unpaired) electrons. The van der Waals surface area contributed by atoms with Crippen LogP contribution in [-0.2, 0) is 4.79 Å². The Bertz CT molecular complexity index is 285. The lowest BCUT2D eigenvalue weighted by Gasteiger charge is -2.32. The van der Waals surface area contributed by atoms with Crippen LogP contribution >= 0.6 is 0 Å². The van der Waals surface area contributed by atoms with Crippen LogP contribution < -0.4 is 5.32 Å². The summed E-state index contributed by atoms with van der Waals surface area (Å²) in [5.74, 6) is 1.14. The molecule has 1 N–H and O–H groups in total. The Labute approximate surface area is 117 Å². The van der Waals surface area contributed by atoms with E-state index in [0.717, 1.165) is 51.6 Å². The van der Waals surface area contributed by atoms with E-state index < -0.39 is 0 Å². The van der Waals surface area contributed by atoms with Crippen LogP contribution in [0, 0.1) is 5.92 Å². The van der Waals surface area contributed by atoms with Crippen molar-refractivity contribution in [3.63, 3.8) is 0 Å². The molecule has 0 saturated carbocycles. The van der Waals surface area contributed by atoms with Gasteiger partial charge in [-0.1, -0.05) is 0 Å². The molecule has 0 aliphatic carbocycles. The number of piperidine rings is 1. The van der Waals surface area contributed by atoms with Crippen molar-refractivity contribution in [3.05, 3.63) is 0 Å². The van der Waals surface area contributed by atoms with Gasteiger partial charge in [0.25, 0.3) is 0 Å². The van der Waals surface area contributed by atoms with Gasteiger partial charge in [-0.3, -0.25) is 9.69 Å². The molecule has 110 valence electrons. The molecular formula is C15H29N3O. The first-order chi connectivity index (χ1) is 9.26. The number of carbonyl (C=O) groups is 1. The highest BCUT2D eigenvalue weighted by Crippen LogP contribution is 2.23. The molecular weight excluding hydrogens is 238 g/mol. The summed E-state index contributed by atoms with van der Waals surface area (Å²) in [4.78, 5) is 17.0. The maximum absolute atomic E-state index is 12.5. The second kappa shape index (κ2) is 7.25. The summed E-state index contributed by atoms with van der Waals surface area (Å²) < 4.78 is 0. The summed E-state index contributed by atoms with van der Waals surface area (Å²) in [6.07, 6.45) is 4.77. The third kappa shape index (κ3) is 3.69. The number of amides is 1. The van der Waals surface area contributed by atoms with Gasteiger partial charge in [-0.05, 0) is 65.1 Å². The summed E-state index contributed by atoms with van der Waals surface area (Å²) in [6, 6.07) is 0.162. The van der Waals surface area contributed by atoms with Crippen molar-refractivity contribution in [2.24, 2.45) is 5.92 Å². The molecule has 2 aliphatic heterocycles. The summed E-state index contributed by atoms with van der Waals surface area (Å²) in [5, 5.41) is 3.42. The van der Waals surface area contributed by atoms with Gasteiger partial charge in [0, 0.05) is 19.6 Å². The number of nitrogens with one attached hydrogen (secondary N) is 1. The molecule has 2 aliphatic rings. The van der Waals surface area contributed by atoms with Crippen molar-refractivity contribution >= 4 is 5.91 Å². The van der Waals surface area contributed by atoms with Gasteiger partial charge in [-0.2, -0.15) is 0 Å². The number of hydrogen-bond acceptors (Lipinski definition) is 3. The lowest BCUT2D eigenvalue weighted by Crippen LogP contribution is -2.47. The Morgan fingerprint density at radius 3 is 2.53 bits per heavy atom. The quantitative estimate of drug-likeness (QED) is 0.816. The SMILES string of the molecule is CCN(CC)C(=O)C1CCCN1CC1CCNCC1. The molecule has 0 spiro atoms. The predicted molar refractivity (Wildman–Crippen MR) is 78.1 cm³/mol. The molecule has 0 aromatic rings. The summed E-state index contributed by atoms with van der Waals surface area (Å²) >= 11 is 0. The van der Waals surface area contributed by atoms with E-state index in [-0.39, 0.29) is 6.04 Å². The van der Waals surface area contributed by atoms with Crippen molar-refractivity contribution in [1.29, 1.82) is 0 Å². The van der Waals surface area contributed by atoms with Crippen molar-refractivity contribution in [2.45, 2.75) is 45.6 Å². The van der Waals surface area contributed by atoms with Crippen LogP contribution in [0.25, 0.3) is 0 Å². The third-order valence-electron chi connectivity index (χ3n) is 4.68. The number of likely N-dealkylation sites (N-methyl/N-ethyl adjacent to an activating group) is 1. The molecule has 4 nitrogen and oxygen atoms in total. The highest BCUT2D eigenvalue weighted by molar-refractivity contribution is 5.82. The van der Waals surface area contributed by atoms with Gasteiger partial charge in [-0.25, -0.2) is 0 Å². The van der Waals surface area contributed by atoms with Crippen molar-refractivity contribution in [2.75, 3.05) is 39.3 Å². The molecule has 0 aromatic heterocycles. The van der Waals surface area contributed by atoms with Crippen molar-refractivity contribution < 1.29 is 4.79 Å². The molecule has 1 atom stereocenters. The summed E-state index contributed by atoms with van der Waals surface area (Å²) in [7, 11) is 0. The zero-order valence-electron chi connectivity index (χ0n) is 12.5. The van der Waals surface area contributed by atoms with E-state index in [1.54, 1.807) is 0 Å². The van der Waals surface area contributed by atoms with E-state index in [4.69, 9.17) is 0 Å². The van der Waals surface area contributed by atoms with Crippen molar-refractivity contribution in [1.82, 2.24) is 15.1 Å². The Morgan fingerprint density at radius 2 is 1.89 bits per heavy atom. The normalized spacial score (nSPS) is 25.7. The average molecular weight is 267 g/mol. The fraction of sp³-hybridized carbons (Fsp3) is 0.933. The van der Waals surface area contributed by atoms with E-state index in [0.29, 0.717) is 5.91 Å². The number of hydrogen-bond donors (Lipinski definition) is 1. The van der Waals surface area contributed by atoms with Gasteiger partial charge in [0.1, 0.15) is 0 Å². The van der Waals surface area contributed by atoms with E-state index in [2.05, 4.69) is 24.1 Å². The molecule has 2 heterocycles. The molecule has 2 rings (SSSR count). The van der Waals surface area contributed by atoms with Gasteiger partial charge in [0.15, 0.2) is 0 Å². The van der Waals surface area contributed by atoms with Gasteiger partial charge < -0.3 is 10.2 Å². The smallest absolute Gasteiger partial charge is 0.239 e. The minimum atomic E-state index is 0.162. The molecule has 4 heteroatoms. The zero-order valence-corrected chi connectivity index (χ0v) is 12.5. The van der Waals surface area contributed by atoms with Crippen LogP contribution in [0.15, 0.2) is 0 Å². The number of nitrogens with zero attached hydrogens (tertiary/aromatic N) is 2. The standard InChI is InChI=1S/C15H29N3O/c1-3-17(4-2)15(19)14-6-5-11-18(14)12-13-7-9-16-10-8-13/h13-14,16H,3-12H2,1-2H3. The average Bonchev–Trinajstić information content (AvgIpc) is 2.89. The Morgan fingerprint density at radius 1 is 1.21 bits per heavy atom. The van der Waals surface area contributed by atoms with Crippen LogP contribution in [0.2, 0.25) is 0 Å². The van der Waals surface area contributed by atoms with Crippen LogP contribution in [0.3, 0.4) is 0 Å². The molecule has 1 amide bonds. The van der Waals surface area contributed by atoms with E-state index >= 15 is 0 Å². The second-order valence-corrected chi connectivity index (χ2v) is 5.86. The van der Waals surface area contributed by atoms with E-state index in [1.165, 1.54) is 19.3 Å². The molecule has 0 aromatic carbocycles. The topological polar surface area (TPSA) is 35.6 Å². The fourth-order valence-corrected chi connectivity index (χ4v) is 3.47. The Kier molecular flexibility index (Phi) is 5.64. The molecule has 0 bridgehead atoms. The minimum absolute atomic E-state index is 0.162.